The highest BCUT2D eigenvalue weighted by Gasteiger charge is 2.56. The molecule has 0 N–H and O–H groups in total. The summed E-state index contributed by atoms with van der Waals surface area (Å²) in [6, 6.07) is 16.0. The molecular weight excluding hydrogens is 272 g/mol. The van der Waals surface area contributed by atoms with Crippen molar-refractivity contribution in [3.8, 4) is 6.07 Å². The highest BCUT2D eigenvalue weighted by Crippen LogP contribution is 2.51. The van der Waals surface area contributed by atoms with Crippen molar-refractivity contribution in [3.05, 3.63) is 42.0 Å². The third-order valence-corrected chi connectivity index (χ3v) is 5.69. The van der Waals surface area contributed by atoms with E-state index < -0.39 is 0 Å². The average Bonchev–Trinajstić information content (AvgIpc) is 3.24. The van der Waals surface area contributed by atoms with Gasteiger partial charge in [-0.05, 0) is 37.8 Å². The Morgan fingerprint density at radius 2 is 1.73 bits per heavy atom. The molecular formula is C19H18N2O. The summed E-state index contributed by atoms with van der Waals surface area (Å²) in [5, 5.41) is 11.6. The predicted molar refractivity (Wildman–Crippen MR) is 85.9 cm³/mol. The molecule has 3 aliphatic rings. The van der Waals surface area contributed by atoms with Crippen LogP contribution in [0.2, 0.25) is 0 Å². The molecule has 3 nitrogen and oxygen atoms in total. The molecule has 3 heteroatoms. The molecule has 0 amide bonds. The fraction of sp³-hybridized carbons (Fsp3) is 0.421. The van der Waals surface area contributed by atoms with Crippen molar-refractivity contribution >= 4 is 16.5 Å². The minimum absolute atomic E-state index is 0.213. The Hall–Kier alpha value is -2.05. The van der Waals surface area contributed by atoms with Crippen LogP contribution in [0.5, 0.6) is 0 Å². The van der Waals surface area contributed by atoms with E-state index in [1.165, 1.54) is 23.9 Å². The standard InChI is InChI=1S/C19H18N2O/c20-11-13-5-8-18(17-4-2-1-3-16(13)17)21-14-6-7-15(21)10-19(9-14)12-22-19/h1-5,8,14-15H,6-7,9-10,12H2/t14-,15+,19?. The zero-order chi connectivity index (χ0) is 14.7. The molecule has 1 spiro atoms. The number of nitriles is 1. The van der Waals surface area contributed by atoms with E-state index in [2.05, 4.69) is 35.2 Å². The van der Waals surface area contributed by atoms with Gasteiger partial charge < -0.3 is 9.64 Å². The molecule has 0 aromatic heterocycles. The number of epoxide rings is 1. The lowest BCUT2D eigenvalue weighted by Gasteiger charge is -2.40. The van der Waals surface area contributed by atoms with E-state index in [0.29, 0.717) is 12.1 Å². The van der Waals surface area contributed by atoms with Gasteiger partial charge in [0.1, 0.15) is 0 Å². The molecule has 0 radical (unpaired) electrons. The van der Waals surface area contributed by atoms with E-state index in [0.717, 1.165) is 30.4 Å². The van der Waals surface area contributed by atoms with Crippen molar-refractivity contribution in [1.29, 1.82) is 5.26 Å². The number of hydrogen-bond acceptors (Lipinski definition) is 3. The van der Waals surface area contributed by atoms with E-state index in [4.69, 9.17) is 4.74 Å². The molecule has 3 aliphatic heterocycles. The van der Waals surface area contributed by atoms with Gasteiger partial charge >= 0.3 is 0 Å². The summed E-state index contributed by atoms with van der Waals surface area (Å²) in [7, 11) is 0. The zero-order valence-electron chi connectivity index (χ0n) is 12.5. The first-order valence-electron chi connectivity index (χ1n) is 8.14. The lowest BCUT2D eigenvalue weighted by Crippen LogP contribution is -2.46. The van der Waals surface area contributed by atoms with Crippen molar-refractivity contribution in [2.24, 2.45) is 0 Å². The second kappa shape index (κ2) is 4.24. The van der Waals surface area contributed by atoms with Crippen LogP contribution in [0.25, 0.3) is 10.8 Å². The molecule has 2 bridgehead atoms. The Morgan fingerprint density at radius 1 is 1.05 bits per heavy atom. The van der Waals surface area contributed by atoms with Gasteiger partial charge in [0.15, 0.2) is 0 Å². The van der Waals surface area contributed by atoms with Crippen LogP contribution in [0.4, 0.5) is 5.69 Å². The van der Waals surface area contributed by atoms with Crippen LogP contribution >= 0.6 is 0 Å². The van der Waals surface area contributed by atoms with E-state index in [-0.39, 0.29) is 5.60 Å². The molecule has 0 saturated carbocycles. The SMILES string of the molecule is N#Cc1ccc(N2[C@@H]3CC[C@H]2CC2(CO2)C3)c2ccccc12. The Balaban J connectivity index is 1.65. The second-order valence-electron chi connectivity index (χ2n) is 6.96. The third-order valence-electron chi connectivity index (χ3n) is 5.69. The molecule has 2 aromatic rings. The number of nitrogens with zero attached hydrogens (tertiary/aromatic N) is 2. The van der Waals surface area contributed by atoms with Crippen LogP contribution in [0, 0.1) is 11.3 Å². The molecule has 0 aliphatic carbocycles. The van der Waals surface area contributed by atoms with Gasteiger partial charge in [0, 0.05) is 28.5 Å². The summed E-state index contributed by atoms with van der Waals surface area (Å²) in [4.78, 5) is 2.62. The zero-order valence-corrected chi connectivity index (χ0v) is 12.5. The summed E-state index contributed by atoms with van der Waals surface area (Å²) in [5.74, 6) is 0. The van der Waals surface area contributed by atoms with Gasteiger partial charge in [-0.2, -0.15) is 5.26 Å². The summed E-state index contributed by atoms with van der Waals surface area (Å²) < 4.78 is 5.76. The summed E-state index contributed by atoms with van der Waals surface area (Å²) in [6.45, 7) is 0.960. The van der Waals surface area contributed by atoms with Crippen LogP contribution in [0.1, 0.15) is 31.2 Å². The Kier molecular flexibility index (Phi) is 2.41. The Morgan fingerprint density at radius 3 is 2.36 bits per heavy atom. The van der Waals surface area contributed by atoms with Gasteiger partial charge in [-0.1, -0.05) is 24.3 Å². The maximum atomic E-state index is 9.35. The van der Waals surface area contributed by atoms with E-state index >= 15 is 0 Å². The smallest absolute Gasteiger partial charge is 0.0998 e. The predicted octanol–water partition coefficient (Wildman–Crippen LogP) is 3.61. The van der Waals surface area contributed by atoms with Gasteiger partial charge in [-0.25, -0.2) is 0 Å². The maximum Gasteiger partial charge on any atom is 0.0998 e. The first-order valence-corrected chi connectivity index (χ1v) is 8.14. The summed E-state index contributed by atoms with van der Waals surface area (Å²) in [6.07, 6.45) is 4.86. The lowest BCUT2D eigenvalue weighted by atomic mass is 9.90. The van der Waals surface area contributed by atoms with Crippen molar-refractivity contribution in [2.45, 2.75) is 43.4 Å². The van der Waals surface area contributed by atoms with Gasteiger partial charge in [-0.15, -0.1) is 0 Å². The largest absolute Gasteiger partial charge is 0.369 e. The van der Waals surface area contributed by atoms with Crippen molar-refractivity contribution in [3.63, 3.8) is 0 Å². The number of anilines is 1. The summed E-state index contributed by atoms with van der Waals surface area (Å²) in [5.41, 5.74) is 2.29. The molecule has 3 atom stereocenters. The van der Waals surface area contributed by atoms with Gasteiger partial charge in [0.25, 0.3) is 0 Å². The van der Waals surface area contributed by atoms with Crippen LogP contribution in [-0.4, -0.2) is 24.3 Å². The topological polar surface area (TPSA) is 39.6 Å². The molecule has 1 unspecified atom stereocenters. The minimum Gasteiger partial charge on any atom is -0.369 e. The number of piperidine rings is 1. The number of rotatable bonds is 1. The highest BCUT2D eigenvalue weighted by atomic mass is 16.6. The van der Waals surface area contributed by atoms with E-state index in [1.54, 1.807) is 0 Å². The van der Waals surface area contributed by atoms with Crippen LogP contribution in [-0.2, 0) is 4.74 Å². The molecule has 110 valence electrons. The first-order chi connectivity index (χ1) is 10.8. The van der Waals surface area contributed by atoms with Crippen LogP contribution in [0.3, 0.4) is 0 Å². The van der Waals surface area contributed by atoms with Crippen molar-refractivity contribution in [2.75, 3.05) is 11.5 Å². The lowest BCUT2D eigenvalue weighted by molar-refractivity contribution is 0.229. The van der Waals surface area contributed by atoms with Crippen LogP contribution < -0.4 is 4.90 Å². The number of hydrogen-bond donors (Lipinski definition) is 0. The van der Waals surface area contributed by atoms with Crippen molar-refractivity contribution in [1.82, 2.24) is 0 Å². The molecule has 22 heavy (non-hydrogen) atoms. The Labute approximate surface area is 130 Å². The molecule has 3 heterocycles. The van der Waals surface area contributed by atoms with E-state index in [1.807, 2.05) is 12.1 Å². The van der Waals surface area contributed by atoms with Crippen molar-refractivity contribution < 1.29 is 4.74 Å². The second-order valence-corrected chi connectivity index (χ2v) is 6.96. The normalized spacial score (nSPS) is 32.4. The van der Waals surface area contributed by atoms with Gasteiger partial charge in [-0.3, -0.25) is 0 Å². The number of ether oxygens (including phenoxy) is 1. The number of benzene rings is 2. The molecule has 3 fully saturated rings. The Bertz CT molecular complexity index is 787. The fourth-order valence-electron chi connectivity index (χ4n) is 4.64. The molecule has 2 aromatic carbocycles. The summed E-state index contributed by atoms with van der Waals surface area (Å²) >= 11 is 0. The third kappa shape index (κ3) is 1.65. The monoisotopic (exact) mass is 290 g/mol. The van der Waals surface area contributed by atoms with E-state index in [9.17, 15) is 5.26 Å². The highest BCUT2D eigenvalue weighted by molar-refractivity contribution is 5.98. The number of fused-ring (bicyclic) bond motifs is 3. The maximum absolute atomic E-state index is 9.35. The average molecular weight is 290 g/mol. The minimum atomic E-state index is 0.213. The molecule has 3 saturated heterocycles. The van der Waals surface area contributed by atoms with Gasteiger partial charge in [0.05, 0.1) is 23.8 Å². The fourth-order valence-corrected chi connectivity index (χ4v) is 4.64. The molecule has 5 rings (SSSR count). The van der Waals surface area contributed by atoms with Crippen LogP contribution in [0.15, 0.2) is 36.4 Å². The van der Waals surface area contributed by atoms with Gasteiger partial charge in [0.2, 0.25) is 0 Å². The first kappa shape index (κ1) is 12.5. The quantitative estimate of drug-likeness (QED) is 0.753.